The van der Waals surface area contributed by atoms with Gasteiger partial charge >= 0.3 is 12.1 Å². The second kappa shape index (κ2) is 21.5. The number of hydrogen-bond donors (Lipinski definition) is 2. The first-order chi connectivity index (χ1) is 33.4. The van der Waals surface area contributed by atoms with E-state index >= 15 is 0 Å². The molecule has 6 bridgehead atoms. The molecular formula is C54H69F3N8O6. The van der Waals surface area contributed by atoms with Gasteiger partial charge in [0.25, 0.3) is 11.8 Å². The number of benzene rings is 1. The zero-order valence-electron chi connectivity index (χ0n) is 42.7. The number of esters is 1. The normalized spacial score (nSPS) is 19.9. The number of hydrogen-bond acceptors (Lipinski definition) is 10. The summed E-state index contributed by atoms with van der Waals surface area (Å²) in [6.45, 7) is 15.2. The van der Waals surface area contributed by atoms with E-state index in [2.05, 4.69) is 22.6 Å². The van der Waals surface area contributed by atoms with Crippen LogP contribution in [-0.4, -0.2) is 130 Å². The number of pyridine rings is 2. The quantitative estimate of drug-likeness (QED) is 0.116. The number of aromatic nitrogens is 3. The van der Waals surface area contributed by atoms with Crippen molar-refractivity contribution in [2.75, 3.05) is 46.9 Å². The molecule has 3 aromatic heterocycles. The zero-order chi connectivity index (χ0) is 51.6. The third-order valence-corrected chi connectivity index (χ3v) is 14.2. The maximum atomic E-state index is 14.7. The Morgan fingerprint density at radius 2 is 1.82 bits per heavy atom. The van der Waals surface area contributed by atoms with Crippen molar-refractivity contribution in [1.82, 2.24) is 40.1 Å². The summed E-state index contributed by atoms with van der Waals surface area (Å²) in [5, 5.41) is 4.43. The number of rotatable bonds is 11. The van der Waals surface area contributed by atoms with Crippen LogP contribution < -0.4 is 10.7 Å². The van der Waals surface area contributed by atoms with Gasteiger partial charge in [-0.25, -0.2) is 10.4 Å². The fraction of sp³-hybridized carbons (Fsp3) is 0.556. The van der Waals surface area contributed by atoms with Gasteiger partial charge in [0.15, 0.2) is 0 Å². The highest BCUT2D eigenvalue weighted by Gasteiger charge is 2.39. The van der Waals surface area contributed by atoms with Gasteiger partial charge in [-0.2, -0.15) is 13.2 Å². The Hall–Kier alpha value is -5.83. The van der Waals surface area contributed by atoms with Crippen molar-refractivity contribution < 1.29 is 41.8 Å². The number of carbonyl (C=O) groups is 4. The second-order valence-corrected chi connectivity index (χ2v) is 21.3. The van der Waals surface area contributed by atoms with E-state index in [1.807, 2.05) is 105 Å². The molecule has 0 saturated carbocycles. The summed E-state index contributed by atoms with van der Waals surface area (Å²) >= 11 is 0. The molecule has 2 saturated heterocycles. The number of hydrazine groups is 1. The van der Waals surface area contributed by atoms with Crippen LogP contribution in [0.15, 0.2) is 54.7 Å². The molecule has 2 fully saturated rings. The standard InChI is InChI=1S/C54H69F3N8O6/c1-11-34(4)46-38(17-13-23-58-46)48-39-27-52(5,6)32-71-51(69)42-18-14-24-65(61-42)50(68)43(26-35-15-12-16-36(25-35)41-19-20-44(47(39)59-41)64(48)31-54(55,56)57)60-49(67)40(33(2)3)30-70-37-28-63(29-37)45(66)21-22-53(7,8)62(9)10/h12-13,15-17,19-20,23,25,33-34,37,40,42-43,61H,11,14,18,24,26-32H2,1-10H3,(H,60,67)/t34-,40+,42+,43+/m1/s1. The summed E-state index contributed by atoms with van der Waals surface area (Å²) in [5.74, 6) is 3.18. The SMILES string of the molecule is CC[C@@H](C)c1ncccc1-c1c2c3nc(ccc3n1CC(F)(F)F)-c1cccc(c1)C[C@H](NC(=O)[C@@H](COC1CN(C(=O)C#CC(C)(C)N(C)C)C1)C(C)C)C(=O)N1CCC[C@H](N1)C(=O)OCC(C)(C)C2. The Kier molecular flexibility index (Phi) is 16.0. The lowest BCUT2D eigenvalue weighted by Crippen LogP contribution is -2.61. The summed E-state index contributed by atoms with van der Waals surface area (Å²) in [7, 11) is 3.80. The maximum Gasteiger partial charge on any atom is 0.406 e. The predicted octanol–water partition coefficient (Wildman–Crippen LogP) is 7.33. The Labute approximate surface area is 415 Å². The van der Waals surface area contributed by atoms with E-state index in [0.29, 0.717) is 82.7 Å². The summed E-state index contributed by atoms with van der Waals surface area (Å²) < 4.78 is 57.6. The van der Waals surface area contributed by atoms with E-state index in [-0.39, 0.29) is 62.4 Å². The van der Waals surface area contributed by atoms with Gasteiger partial charge in [-0.3, -0.25) is 34.1 Å². The third kappa shape index (κ3) is 12.4. The van der Waals surface area contributed by atoms with Crippen LogP contribution >= 0.6 is 0 Å². The molecule has 7 rings (SSSR count). The number of amides is 3. The molecule has 1 aromatic carbocycles. The van der Waals surface area contributed by atoms with Crippen LogP contribution in [0.4, 0.5) is 13.2 Å². The predicted molar refractivity (Wildman–Crippen MR) is 265 cm³/mol. The minimum atomic E-state index is -4.58. The van der Waals surface area contributed by atoms with Gasteiger partial charge in [0, 0.05) is 54.4 Å². The van der Waals surface area contributed by atoms with Crippen molar-refractivity contribution in [2.24, 2.45) is 17.3 Å². The first-order valence-electron chi connectivity index (χ1n) is 24.7. The van der Waals surface area contributed by atoms with Gasteiger partial charge < -0.3 is 24.3 Å². The lowest BCUT2D eigenvalue weighted by atomic mass is 9.84. The third-order valence-electron chi connectivity index (χ3n) is 14.2. The first kappa shape index (κ1) is 53.0. The largest absolute Gasteiger partial charge is 0.464 e. The van der Waals surface area contributed by atoms with Crippen molar-refractivity contribution in [3.63, 3.8) is 0 Å². The van der Waals surface area contributed by atoms with E-state index in [9.17, 15) is 32.3 Å². The monoisotopic (exact) mass is 983 g/mol. The number of likely N-dealkylation sites (tertiary alicyclic amines) is 1. The molecule has 17 heteroatoms. The summed E-state index contributed by atoms with van der Waals surface area (Å²) in [6.07, 6.45) is -1.34. The molecule has 3 aliphatic rings. The van der Waals surface area contributed by atoms with Crippen LogP contribution in [0.1, 0.15) is 97.4 Å². The highest BCUT2D eigenvalue weighted by Crippen LogP contribution is 2.42. The molecule has 3 amide bonds. The van der Waals surface area contributed by atoms with Gasteiger partial charge in [-0.05, 0) is 107 Å². The molecule has 6 heterocycles. The number of halogens is 3. The first-order valence-corrected chi connectivity index (χ1v) is 24.7. The van der Waals surface area contributed by atoms with Gasteiger partial charge in [0.1, 0.15) is 18.6 Å². The minimum absolute atomic E-state index is 0.0560. The van der Waals surface area contributed by atoms with Gasteiger partial charge in [0.05, 0.1) is 58.9 Å². The zero-order valence-corrected chi connectivity index (χ0v) is 42.7. The number of nitrogens with one attached hydrogen (secondary N) is 2. The van der Waals surface area contributed by atoms with Crippen LogP contribution in [-0.2, 0) is 48.0 Å². The highest BCUT2D eigenvalue weighted by atomic mass is 19.4. The number of alkyl halides is 3. The Balaban J connectivity index is 1.23. The summed E-state index contributed by atoms with van der Waals surface area (Å²) in [4.78, 5) is 69.1. The van der Waals surface area contributed by atoms with Gasteiger partial charge in [0.2, 0.25) is 5.91 Å². The molecule has 4 atom stereocenters. The van der Waals surface area contributed by atoms with Crippen LogP contribution in [0.5, 0.6) is 0 Å². The fourth-order valence-corrected chi connectivity index (χ4v) is 9.16. The minimum Gasteiger partial charge on any atom is -0.464 e. The lowest BCUT2D eigenvalue weighted by molar-refractivity contribution is -0.155. The van der Waals surface area contributed by atoms with E-state index in [1.165, 1.54) is 9.58 Å². The van der Waals surface area contributed by atoms with E-state index < -0.39 is 53.6 Å². The Morgan fingerprint density at radius 1 is 1.07 bits per heavy atom. The fourth-order valence-electron chi connectivity index (χ4n) is 9.16. The molecule has 0 spiro atoms. The number of fused-ring (bicyclic) bond motifs is 6. The summed E-state index contributed by atoms with van der Waals surface area (Å²) in [6, 6.07) is 12.4. The number of ether oxygens (including phenoxy) is 2. The van der Waals surface area contributed by atoms with Gasteiger partial charge in [-0.1, -0.05) is 65.7 Å². The molecular weight excluding hydrogens is 914 g/mol. The maximum absolute atomic E-state index is 14.7. The van der Waals surface area contributed by atoms with Crippen LogP contribution in [0, 0.1) is 29.1 Å². The smallest absolute Gasteiger partial charge is 0.406 e. The molecule has 3 aliphatic heterocycles. The van der Waals surface area contributed by atoms with E-state index in [4.69, 9.17) is 19.4 Å². The number of cyclic esters (lactones) is 1. The average molecular weight is 983 g/mol. The second-order valence-electron chi connectivity index (χ2n) is 21.3. The van der Waals surface area contributed by atoms with Gasteiger partial charge in [-0.15, -0.1) is 0 Å². The molecule has 382 valence electrons. The molecule has 0 radical (unpaired) electrons. The van der Waals surface area contributed by atoms with Crippen LogP contribution in [0.25, 0.3) is 33.5 Å². The van der Waals surface area contributed by atoms with Crippen molar-refractivity contribution in [2.45, 2.75) is 130 Å². The summed E-state index contributed by atoms with van der Waals surface area (Å²) in [5.41, 5.74) is 6.58. The van der Waals surface area contributed by atoms with Crippen LogP contribution in [0.2, 0.25) is 0 Å². The van der Waals surface area contributed by atoms with Crippen molar-refractivity contribution in [3.8, 4) is 34.4 Å². The van der Waals surface area contributed by atoms with Crippen molar-refractivity contribution in [1.29, 1.82) is 0 Å². The number of carbonyl (C=O) groups excluding carboxylic acids is 4. The average Bonchev–Trinajstić information content (AvgIpc) is 3.58. The van der Waals surface area contributed by atoms with Crippen molar-refractivity contribution in [3.05, 3.63) is 71.5 Å². The van der Waals surface area contributed by atoms with Crippen LogP contribution in [0.3, 0.4) is 0 Å². The molecule has 14 nitrogen and oxygen atoms in total. The molecule has 0 aliphatic carbocycles. The Bertz CT molecular complexity index is 2680. The topological polar surface area (TPSA) is 151 Å². The Morgan fingerprint density at radius 3 is 2.51 bits per heavy atom. The molecule has 0 unspecified atom stereocenters. The van der Waals surface area contributed by atoms with E-state index in [0.717, 1.165) is 0 Å². The van der Waals surface area contributed by atoms with Crippen molar-refractivity contribution >= 4 is 34.7 Å². The highest BCUT2D eigenvalue weighted by molar-refractivity contribution is 5.94. The molecule has 71 heavy (non-hydrogen) atoms. The lowest BCUT2D eigenvalue weighted by Gasteiger charge is -2.39. The molecule has 4 aromatic rings. The van der Waals surface area contributed by atoms with E-state index in [1.54, 1.807) is 29.3 Å². The number of nitrogens with zero attached hydrogens (tertiary/aromatic N) is 6. The molecule has 2 N–H and O–H groups in total.